The maximum atomic E-state index is 12.4. The van der Waals surface area contributed by atoms with Crippen molar-refractivity contribution in [1.82, 2.24) is 5.43 Å². The van der Waals surface area contributed by atoms with Gasteiger partial charge in [0.2, 0.25) is 0 Å². The molecule has 3 aromatic carbocycles. The van der Waals surface area contributed by atoms with Crippen LogP contribution in [0.1, 0.15) is 31.8 Å². The Kier molecular flexibility index (Phi) is 6.98. The van der Waals surface area contributed by atoms with E-state index in [0.29, 0.717) is 22.6 Å². The fraction of sp³-hybridized carbons (Fsp3) is 0.0870. The summed E-state index contributed by atoms with van der Waals surface area (Å²) in [4.78, 5) is 24.7. The van der Waals surface area contributed by atoms with Crippen molar-refractivity contribution >= 4 is 39.6 Å². The predicted octanol–water partition coefficient (Wildman–Crippen LogP) is 4.78. The molecule has 0 aliphatic rings. The molecule has 0 saturated heterocycles. The van der Waals surface area contributed by atoms with E-state index < -0.39 is 0 Å². The number of benzene rings is 3. The van der Waals surface area contributed by atoms with Crippen molar-refractivity contribution in [3.63, 3.8) is 0 Å². The number of hydrazone groups is 1. The third kappa shape index (κ3) is 5.33. The first-order valence-electron chi connectivity index (χ1n) is 9.12. The number of carbonyl (C=O) groups is 2. The van der Waals surface area contributed by atoms with E-state index in [1.807, 2.05) is 37.3 Å². The normalized spacial score (nSPS) is 10.6. The van der Waals surface area contributed by atoms with Crippen LogP contribution in [-0.4, -0.2) is 25.1 Å². The molecule has 2 N–H and O–H groups in total. The van der Waals surface area contributed by atoms with Gasteiger partial charge >= 0.3 is 0 Å². The molecule has 0 heterocycles. The van der Waals surface area contributed by atoms with Crippen molar-refractivity contribution in [2.24, 2.45) is 5.10 Å². The first-order chi connectivity index (χ1) is 14.5. The summed E-state index contributed by atoms with van der Waals surface area (Å²) < 4.78 is 6.14. The SMILES string of the molecule is COc1ccc(Br)cc1C=NNC(=O)c1ccc(NC(=O)c2ccccc2C)cc1. The van der Waals surface area contributed by atoms with Crippen molar-refractivity contribution in [3.05, 3.63) is 93.5 Å². The molecule has 0 aromatic heterocycles. The molecule has 0 bridgehead atoms. The van der Waals surface area contributed by atoms with Crippen molar-refractivity contribution in [3.8, 4) is 5.75 Å². The predicted molar refractivity (Wildman–Crippen MR) is 121 cm³/mol. The Labute approximate surface area is 183 Å². The summed E-state index contributed by atoms with van der Waals surface area (Å²) >= 11 is 3.39. The van der Waals surface area contributed by atoms with E-state index in [0.717, 1.165) is 15.6 Å². The van der Waals surface area contributed by atoms with Crippen LogP contribution in [0.3, 0.4) is 0 Å². The molecule has 6 nitrogen and oxygen atoms in total. The number of amides is 2. The molecule has 0 atom stereocenters. The number of carbonyl (C=O) groups excluding carboxylic acids is 2. The number of nitrogens with zero attached hydrogens (tertiary/aromatic N) is 1. The minimum atomic E-state index is -0.364. The average molecular weight is 466 g/mol. The average Bonchev–Trinajstić information content (AvgIpc) is 2.74. The third-order valence-electron chi connectivity index (χ3n) is 4.36. The van der Waals surface area contributed by atoms with Crippen LogP contribution < -0.4 is 15.5 Å². The molecule has 0 fully saturated rings. The molecule has 3 aromatic rings. The van der Waals surface area contributed by atoms with Crippen molar-refractivity contribution in [2.45, 2.75) is 6.92 Å². The number of anilines is 1. The van der Waals surface area contributed by atoms with E-state index in [-0.39, 0.29) is 11.8 Å². The fourth-order valence-electron chi connectivity index (χ4n) is 2.76. The van der Waals surface area contributed by atoms with E-state index in [1.165, 1.54) is 6.21 Å². The molecule has 0 unspecified atom stereocenters. The monoisotopic (exact) mass is 465 g/mol. The van der Waals surface area contributed by atoms with Gasteiger partial charge in [-0.1, -0.05) is 34.1 Å². The van der Waals surface area contributed by atoms with Gasteiger partial charge in [0.1, 0.15) is 5.75 Å². The molecule has 2 amide bonds. The van der Waals surface area contributed by atoms with Crippen LogP contribution in [0.25, 0.3) is 0 Å². The van der Waals surface area contributed by atoms with Gasteiger partial charge in [-0.2, -0.15) is 5.10 Å². The van der Waals surface area contributed by atoms with Gasteiger partial charge in [-0.25, -0.2) is 5.43 Å². The van der Waals surface area contributed by atoms with E-state index in [9.17, 15) is 9.59 Å². The summed E-state index contributed by atoms with van der Waals surface area (Å²) in [5, 5.41) is 6.82. The first-order valence-corrected chi connectivity index (χ1v) is 9.91. The van der Waals surface area contributed by atoms with E-state index in [2.05, 4.69) is 31.8 Å². The highest BCUT2D eigenvalue weighted by atomic mass is 79.9. The van der Waals surface area contributed by atoms with Crippen molar-refractivity contribution in [1.29, 1.82) is 0 Å². The van der Waals surface area contributed by atoms with E-state index in [4.69, 9.17) is 4.74 Å². The molecule has 0 saturated carbocycles. The molecule has 0 spiro atoms. The zero-order valence-electron chi connectivity index (χ0n) is 16.5. The number of nitrogens with one attached hydrogen (secondary N) is 2. The number of ether oxygens (including phenoxy) is 1. The Hall–Kier alpha value is -3.45. The number of hydrogen-bond acceptors (Lipinski definition) is 4. The number of halogens is 1. The summed E-state index contributed by atoms with van der Waals surface area (Å²) in [5.41, 5.74) is 5.73. The zero-order valence-corrected chi connectivity index (χ0v) is 18.1. The quantitative estimate of drug-likeness (QED) is 0.405. The molecule has 0 aliphatic carbocycles. The molecule has 0 aliphatic heterocycles. The van der Waals surface area contributed by atoms with Crippen LogP contribution in [0, 0.1) is 6.92 Å². The number of methoxy groups -OCH3 is 1. The van der Waals surface area contributed by atoms with Gasteiger partial charge in [0, 0.05) is 26.9 Å². The Morgan fingerprint density at radius 3 is 2.43 bits per heavy atom. The minimum Gasteiger partial charge on any atom is -0.496 e. The Bertz CT molecular complexity index is 1100. The van der Waals surface area contributed by atoms with Crippen molar-refractivity contribution < 1.29 is 14.3 Å². The van der Waals surface area contributed by atoms with Gasteiger partial charge in [-0.3, -0.25) is 9.59 Å². The maximum Gasteiger partial charge on any atom is 0.271 e. The highest BCUT2D eigenvalue weighted by Crippen LogP contribution is 2.21. The number of aryl methyl sites for hydroxylation is 1. The van der Waals surface area contributed by atoms with Gasteiger partial charge in [-0.05, 0) is 61.0 Å². The first kappa shape index (κ1) is 21.3. The fourth-order valence-corrected chi connectivity index (χ4v) is 3.14. The van der Waals surface area contributed by atoms with E-state index >= 15 is 0 Å². The Morgan fingerprint density at radius 2 is 1.73 bits per heavy atom. The third-order valence-corrected chi connectivity index (χ3v) is 4.85. The molecular formula is C23H20BrN3O3. The van der Waals surface area contributed by atoms with Crippen LogP contribution in [-0.2, 0) is 0 Å². The van der Waals surface area contributed by atoms with Gasteiger partial charge in [0.25, 0.3) is 11.8 Å². The van der Waals surface area contributed by atoms with Crippen LogP contribution in [0.15, 0.2) is 76.3 Å². The summed E-state index contributed by atoms with van der Waals surface area (Å²) in [6, 6.07) is 19.4. The lowest BCUT2D eigenvalue weighted by molar-refractivity contribution is 0.0954. The van der Waals surface area contributed by atoms with Crippen LogP contribution in [0.2, 0.25) is 0 Å². The second-order valence-electron chi connectivity index (χ2n) is 6.43. The second kappa shape index (κ2) is 9.84. The molecule has 3 rings (SSSR count). The van der Waals surface area contributed by atoms with Gasteiger partial charge in [-0.15, -0.1) is 0 Å². The van der Waals surface area contributed by atoms with Crippen LogP contribution in [0.4, 0.5) is 5.69 Å². The summed E-state index contributed by atoms with van der Waals surface area (Å²) in [6.45, 7) is 1.88. The Balaban J connectivity index is 1.62. The van der Waals surface area contributed by atoms with Gasteiger partial charge in [0.15, 0.2) is 0 Å². The highest BCUT2D eigenvalue weighted by molar-refractivity contribution is 9.10. The highest BCUT2D eigenvalue weighted by Gasteiger charge is 2.10. The second-order valence-corrected chi connectivity index (χ2v) is 7.35. The lowest BCUT2D eigenvalue weighted by Gasteiger charge is -2.08. The topological polar surface area (TPSA) is 79.8 Å². The number of hydrogen-bond donors (Lipinski definition) is 2. The largest absolute Gasteiger partial charge is 0.496 e. The smallest absolute Gasteiger partial charge is 0.271 e. The van der Waals surface area contributed by atoms with E-state index in [1.54, 1.807) is 43.5 Å². The molecule has 152 valence electrons. The maximum absolute atomic E-state index is 12.4. The molecule has 7 heteroatoms. The number of rotatable bonds is 6. The summed E-state index contributed by atoms with van der Waals surface area (Å²) in [7, 11) is 1.57. The van der Waals surface area contributed by atoms with Crippen LogP contribution in [0.5, 0.6) is 5.75 Å². The lowest BCUT2D eigenvalue weighted by Crippen LogP contribution is -2.18. The van der Waals surface area contributed by atoms with Crippen molar-refractivity contribution in [2.75, 3.05) is 12.4 Å². The van der Waals surface area contributed by atoms with Gasteiger partial charge in [0.05, 0.1) is 13.3 Å². The standard InChI is InChI=1S/C23H20BrN3O3/c1-15-5-3-4-6-20(15)23(29)26-19-10-7-16(8-11-19)22(28)27-25-14-17-13-18(24)9-12-21(17)30-2/h3-14H,1-2H3,(H,26,29)(H,27,28). The summed E-state index contributed by atoms with van der Waals surface area (Å²) in [5.74, 6) is 0.0832. The molecular weight excluding hydrogens is 446 g/mol. The Morgan fingerprint density at radius 1 is 1.00 bits per heavy atom. The van der Waals surface area contributed by atoms with Gasteiger partial charge < -0.3 is 10.1 Å². The minimum absolute atomic E-state index is 0.196. The van der Waals surface area contributed by atoms with Crippen LogP contribution >= 0.6 is 15.9 Å². The molecule has 30 heavy (non-hydrogen) atoms. The molecule has 0 radical (unpaired) electrons. The summed E-state index contributed by atoms with van der Waals surface area (Å²) in [6.07, 6.45) is 1.51. The lowest BCUT2D eigenvalue weighted by atomic mass is 10.1. The zero-order chi connectivity index (χ0) is 21.5.